The lowest BCUT2D eigenvalue weighted by Gasteiger charge is -2.59. The molecule has 2 bridgehead atoms. The van der Waals surface area contributed by atoms with Crippen LogP contribution in [0.3, 0.4) is 0 Å². The topological polar surface area (TPSA) is 110 Å². The molecule has 128 valence electrons. The fraction of sp³-hybridized carbons (Fsp3) is 0.933. The number of aliphatic carboxylic acids is 1. The summed E-state index contributed by atoms with van der Waals surface area (Å²) in [5.41, 5.74) is 0.706. The summed E-state index contributed by atoms with van der Waals surface area (Å²) in [4.78, 5) is 10.1. The van der Waals surface area contributed by atoms with Crippen molar-refractivity contribution < 1.29 is 25.0 Å². The van der Waals surface area contributed by atoms with Gasteiger partial charge in [-0.05, 0) is 55.4 Å². The van der Waals surface area contributed by atoms with E-state index in [4.69, 9.17) is 20.2 Å². The molecule has 0 spiro atoms. The van der Waals surface area contributed by atoms with Crippen LogP contribution in [0.25, 0.3) is 0 Å². The molecule has 0 aromatic rings. The molecular weight excluding hydrogens is 285 g/mol. The predicted octanol–water partition coefficient (Wildman–Crippen LogP) is 0.850. The Balaban J connectivity index is 0.000000182. The van der Waals surface area contributed by atoms with E-state index in [1.807, 2.05) is 0 Å². The third-order valence-corrected chi connectivity index (χ3v) is 5.56. The molecule has 4 atom stereocenters. The second-order valence-corrected chi connectivity index (χ2v) is 7.25. The minimum Gasteiger partial charge on any atom is -0.480 e. The van der Waals surface area contributed by atoms with E-state index in [-0.39, 0.29) is 6.04 Å². The summed E-state index contributed by atoms with van der Waals surface area (Å²) >= 11 is 0. The first kappa shape index (κ1) is 19.4. The first-order valence-electron chi connectivity index (χ1n) is 8.16. The van der Waals surface area contributed by atoms with Crippen molar-refractivity contribution in [1.29, 1.82) is 0 Å². The molecule has 3 unspecified atom stereocenters. The highest BCUT2D eigenvalue weighted by molar-refractivity contribution is 6.30. The van der Waals surface area contributed by atoms with Gasteiger partial charge in [-0.25, -0.2) is 0 Å². The van der Waals surface area contributed by atoms with Crippen LogP contribution in [0, 0.1) is 23.2 Å². The summed E-state index contributed by atoms with van der Waals surface area (Å²) in [6.45, 7) is 8.21. The summed E-state index contributed by atoms with van der Waals surface area (Å²) in [6.07, 6.45) is 6.32. The van der Waals surface area contributed by atoms with E-state index in [2.05, 4.69) is 26.1 Å². The van der Waals surface area contributed by atoms with Crippen molar-refractivity contribution in [2.45, 2.75) is 58.9 Å². The van der Waals surface area contributed by atoms with Gasteiger partial charge in [0.2, 0.25) is 0 Å². The largest absolute Gasteiger partial charge is 0.631 e. The van der Waals surface area contributed by atoms with Crippen molar-refractivity contribution in [2.75, 3.05) is 6.54 Å². The van der Waals surface area contributed by atoms with Crippen molar-refractivity contribution in [3.8, 4) is 0 Å². The van der Waals surface area contributed by atoms with Crippen LogP contribution in [0.2, 0.25) is 0 Å². The lowest BCUT2D eigenvalue weighted by Crippen LogP contribution is -2.51. The van der Waals surface area contributed by atoms with Gasteiger partial charge in [0.05, 0.1) is 0 Å². The van der Waals surface area contributed by atoms with Crippen LogP contribution in [0.4, 0.5) is 0 Å². The number of carbonyl (C=O) groups is 1. The molecular formula is C15H30BNO5. The maximum Gasteiger partial charge on any atom is 0.631 e. The smallest absolute Gasteiger partial charge is 0.480 e. The molecule has 7 heteroatoms. The van der Waals surface area contributed by atoms with Crippen LogP contribution < -0.4 is 5.32 Å². The van der Waals surface area contributed by atoms with E-state index < -0.39 is 13.3 Å². The second-order valence-electron chi connectivity index (χ2n) is 7.25. The predicted molar refractivity (Wildman–Crippen MR) is 84.8 cm³/mol. The van der Waals surface area contributed by atoms with E-state index in [1.54, 1.807) is 0 Å². The van der Waals surface area contributed by atoms with Crippen molar-refractivity contribution in [2.24, 2.45) is 23.2 Å². The summed E-state index contributed by atoms with van der Waals surface area (Å²) in [6, 6.07) is -0.269. The molecule has 1 saturated heterocycles. The molecule has 0 radical (unpaired) electrons. The van der Waals surface area contributed by atoms with Gasteiger partial charge in [0.15, 0.2) is 0 Å². The zero-order valence-corrected chi connectivity index (χ0v) is 13.8. The molecule has 3 saturated carbocycles. The quantitative estimate of drug-likeness (QED) is 0.459. The lowest BCUT2D eigenvalue weighted by molar-refractivity contribution is -0.139. The van der Waals surface area contributed by atoms with Crippen molar-refractivity contribution in [3.63, 3.8) is 0 Å². The van der Waals surface area contributed by atoms with Crippen molar-refractivity contribution >= 4 is 13.3 Å². The van der Waals surface area contributed by atoms with Gasteiger partial charge in [-0.15, -0.1) is 0 Å². The fourth-order valence-electron chi connectivity index (χ4n) is 4.07. The molecule has 3 aliphatic carbocycles. The third-order valence-electron chi connectivity index (χ3n) is 5.56. The van der Waals surface area contributed by atoms with Crippen LogP contribution in [-0.2, 0) is 4.79 Å². The maximum absolute atomic E-state index is 10.1. The van der Waals surface area contributed by atoms with E-state index in [9.17, 15) is 4.79 Å². The monoisotopic (exact) mass is 315 g/mol. The van der Waals surface area contributed by atoms with E-state index >= 15 is 0 Å². The van der Waals surface area contributed by atoms with E-state index in [1.165, 1.54) is 19.3 Å². The van der Waals surface area contributed by atoms with Gasteiger partial charge in [0, 0.05) is 0 Å². The lowest BCUT2D eigenvalue weighted by atomic mass is 9.46. The Morgan fingerprint density at radius 2 is 1.77 bits per heavy atom. The highest BCUT2D eigenvalue weighted by atomic mass is 16.5. The zero-order chi connectivity index (χ0) is 16.9. The van der Waals surface area contributed by atoms with Gasteiger partial charge < -0.3 is 25.5 Å². The van der Waals surface area contributed by atoms with Gasteiger partial charge >= 0.3 is 13.3 Å². The molecule has 0 amide bonds. The van der Waals surface area contributed by atoms with Crippen molar-refractivity contribution in [1.82, 2.24) is 5.32 Å². The van der Waals surface area contributed by atoms with Crippen LogP contribution >= 0.6 is 0 Å². The van der Waals surface area contributed by atoms with Gasteiger partial charge in [-0.1, -0.05) is 27.2 Å². The molecule has 0 aromatic heterocycles. The van der Waals surface area contributed by atoms with Crippen LogP contribution in [-0.4, -0.2) is 46.1 Å². The molecule has 4 rings (SSSR count). The van der Waals surface area contributed by atoms with Crippen LogP contribution in [0.1, 0.15) is 52.9 Å². The van der Waals surface area contributed by atoms with E-state index in [0.717, 1.165) is 37.1 Å². The standard InChI is InChI=1S/C10H18.C5H9NO2.BH3O3/c1-7-4-5-8-6-9(7)10(8,2)3;7-5(8)4-2-1-3-6-4;2-1(3)4/h7-9H,4-6H2,1-3H3;4,6H,1-3H2,(H,7,8);2-4H/t;4-;/m.0./s1. The minimum atomic E-state index is -2.17. The van der Waals surface area contributed by atoms with Gasteiger partial charge in [-0.3, -0.25) is 4.79 Å². The van der Waals surface area contributed by atoms with Crippen LogP contribution in [0.15, 0.2) is 0 Å². The Bertz CT molecular complexity index is 353. The number of carboxylic acids is 1. The third kappa shape index (κ3) is 5.23. The summed E-state index contributed by atoms with van der Waals surface area (Å²) in [5, 5.41) is 32.7. The second kappa shape index (κ2) is 8.29. The maximum atomic E-state index is 10.1. The molecule has 22 heavy (non-hydrogen) atoms. The Hall–Kier alpha value is -0.625. The molecule has 5 N–H and O–H groups in total. The van der Waals surface area contributed by atoms with Crippen LogP contribution in [0.5, 0.6) is 0 Å². The highest BCUT2D eigenvalue weighted by Crippen LogP contribution is 2.61. The van der Waals surface area contributed by atoms with E-state index in [0.29, 0.717) is 5.41 Å². The molecule has 1 aliphatic heterocycles. The van der Waals surface area contributed by atoms with Crippen molar-refractivity contribution in [3.05, 3.63) is 0 Å². The Morgan fingerprint density at radius 1 is 1.18 bits per heavy atom. The van der Waals surface area contributed by atoms with Gasteiger partial charge in [-0.2, -0.15) is 0 Å². The molecule has 6 nitrogen and oxygen atoms in total. The van der Waals surface area contributed by atoms with Gasteiger partial charge in [0.1, 0.15) is 6.04 Å². The molecule has 4 aliphatic rings. The SMILES string of the molecule is CC1CCC2CC1C2(C)C.O=C(O)[C@@H]1CCCN1.OB(O)O. The minimum absolute atomic E-state index is 0.269. The Labute approximate surface area is 133 Å². The molecule has 1 heterocycles. The number of rotatable bonds is 1. The Kier molecular flexibility index (Phi) is 7.32. The first-order valence-corrected chi connectivity index (χ1v) is 8.16. The summed E-state index contributed by atoms with van der Waals surface area (Å²) in [7, 11) is -2.17. The highest BCUT2D eigenvalue weighted by Gasteiger charge is 2.52. The summed E-state index contributed by atoms with van der Waals surface area (Å²) < 4.78 is 0. The molecule has 4 fully saturated rings. The number of hydrogen-bond acceptors (Lipinski definition) is 5. The van der Waals surface area contributed by atoms with Gasteiger partial charge in [0.25, 0.3) is 0 Å². The fourth-order valence-corrected chi connectivity index (χ4v) is 4.07. The average Bonchev–Trinajstić information content (AvgIpc) is 2.92. The Morgan fingerprint density at radius 3 is 2.00 bits per heavy atom. The number of fused-ring (bicyclic) bond motifs is 2. The number of nitrogens with one attached hydrogen (secondary N) is 1. The molecule has 0 aromatic carbocycles. The number of hydrogen-bond donors (Lipinski definition) is 5. The normalized spacial score (nSPS) is 34.3. The first-order chi connectivity index (χ1) is 10.2. The average molecular weight is 315 g/mol. The zero-order valence-electron chi connectivity index (χ0n) is 13.8. The number of carboxylic acid groups (broad SMARTS) is 1. The summed E-state index contributed by atoms with van der Waals surface area (Å²) in [5.74, 6) is 2.43.